The molecule has 10 heteroatoms. The Labute approximate surface area is 189 Å². The lowest BCUT2D eigenvalue weighted by atomic mass is 9.71. The fourth-order valence-electron chi connectivity index (χ4n) is 4.70. The predicted octanol–water partition coefficient (Wildman–Crippen LogP) is 3.21. The summed E-state index contributed by atoms with van der Waals surface area (Å²) in [5.41, 5.74) is -0.208. The normalized spacial score (nSPS) is 25.4. The maximum atomic E-state index is 13.4. The molecule has 3 N–H and O–H groups in total. The molecule has 1 spiro atoms. The van der Waals surface area contributed by atoms with E-state index < -0.39 is 23.4 Å². The molecule has 2 heterocycles. The minimum absolute atomic E-state index is 0.0624. The molecule has 2 amide bonds. The third-order valence-corrected chi connectivity index (χ3v) is 6.75. The highest BCUT2D eigenvalue weighted by Gasteiger charge is 2.53. The molecule has 1 unspecified atom stereocenters. The topological polar surface area (TPSA) is 115 Å². The van der Waals surface area contributed by atoms with Gasteiger partial charge in [0.05, 0.1) is 22.5 Å². The molecule has 1 aromatic heterocycles. The number of Topliss-reactive ketones (excluding diaryl/α,β-unsaturated/α-hetero) is 1. The molecule has 4 rings (SSSR count). The van der Waals surface area contributed by atoms with E-state index in [1.165, 1.54) is 23.4 Å². The Bertz CT molecular complexity index is 1060. The lowest BCUT2D eigenvalue weighted by Crippen LogP contribution is -2.44. The zero-order chi connectivity index (χ0) is 23.0. The summed E-state index contributed by atoms with van der Waals surface area (Å²) in [5, 5.41) is 13.6. The molecule has 0 radical (unpaired) electrons. The summed E-state index contributed by atoms with van der Waals surface area (Å²) in [5.74, 6) is -1.39. The standard InChI is InChI=1S/C22H24ClFN4O4/c1-2-16(29)18-19(26-11-25-18)20(31)27-13-5-7-22(8-6-13)10-17(30)28(21(22)32)15-4-3-12(24)9-14(15)23/h3-4,9,11,13,17,30H,2,5-8,10H2,1H3,(H,25,26)(H,27,31). The number of H-pyrrole nitrogens is 1. The average molecular weight is 463 g/mol. The summed E-state index contributed by atoms with van der Waals surface area (Å²) >= 11 is 6.12. The Hall–Kier alpha value is -2.78. The smallest absolute Gasteiger partial charge is 0.270 e. The molecule has 2 aliphatic rings. The molecular formula is C22H24ClFN4O4. The van der Waals surface area contributed by atoms with Crippen molar-refractivity contribution in [1.29, 1.82) is 0 Å². The average Bonchev–Trinajstić information content (AvgIpc) is 3.34. The van der Waals surface area contributed by atoms with Crippen LogP contribution in [0, 0.1) is 11.2 Å². The van der Waals surface area contributed by atoms with Gasteiger partial charge in [0.25, 0.3) is 5.91 Å². The first-order chi connectivity index (χ1) is 15.3. The number of ketones is 1. The zero-order valence-corrected chi connectivity index (χ0v) is 18.3. The van der Waals surface area contributed by atoms with Crippen LogP contribution in [0.4, 0.5) is 10.1 Å². The number of amides is 2. The van der Waals surface area contributed by atoms with Gasteiger partial charge < -0.3 is 15.4 Å². The van der Waals surface area contributed by atoms with Crippen LogP contribution < -0.4 is 10.2 Å². The summed E-state index contributed by atoms with van der Waals surface area (Å²) in [6.07, 6.45) is 2.80. The monoisotopic (exact) mass is 462 g/mol. The van der Waals surface area contributed by atoms with E-state index in [1.54, 1.807) is 6.92 Å². The van der Waals surface area contributed by atoms with E-state index >= 15 is 0 Å². The zero-order valence-electron chi connectivity index (χ0n) is 17.5. The number of hydrogen-bond donors (Lipinski definition) is 3. The van der Waals surface area contributed by atoms with Gasteiger partial charge in [0.15, 0.2) is 5.78 Å². The van der Waals surface area contributed by atoms with Gasteiger partial charge in [-0.1, -0.05) is 18.5 Å². The van der Waals surface area contributed by atoms with E-state index in [0.29, 0.717) is 25.7 Å². The second-order valence-corrected chi connectivity index (χ2v) is 8.79. The number of hydrogen-bond acceptors (Lipinski definition) is 5. The van der Waals surface area contributed by atoms with Crippen LogP contribution in [0.25, 0.3) is 0 Å². The van der Waals surface area contributed by atoms with E-state index in [2.05, 4.69) is 15.3 Å². The van der Waals surface area contributed by atoms with Crippen LogP contribution in [0.1, 0.15) is 66.4 Å². The van der Waals surface area contributed by atoms with Crippen molar-refractivity contribution >= 4 is 34.9 Å². The van der Waals surface area contributed by atoms with Gasteiger partial charge in [0.1, 0.15) is 23.4 Å². The first kappa shape index (κ1) is 22.4. The number of aromatic nitrogens is 2. The van der Waals surface area contributed by atoms with Gasteiger partial charge in [-0.15, -0.1) is 0 Å². The number of nitrogens with one attached hydrogen (secondary N) is 2. The number of rotatable bonds is 5. The molecule has 8 nitrogen and oxygen atoms in total. The molecule has 0 bridgehead atoms. The lowest BCUT2D eigenvalue weighted by molar-refractivity contribution is -0.127. The van der Waals surface area contributed by atoms with Crippen LogP contribution in [0.3, 0.4) is 0 Å². The quantitative estimate of drug-likeness (QED) is 0.590. The number of halogens is 2. The SMILES string of the molecule is CCC(=O)c1nc[nH]c1C(=O)NC1CCC2(CC1)CC(O)N(c1ccc(F)cc1Cl)C2=O. The van der Waals surface area contributed by atoms with Crippen LogP contribution in [-0.4, -0.2) is 44.9 Å². The van der Waals surface area contributed by atoms with Gasteiger partial charge in [-0.3, -0.25) is 19.3 Å². The number of nitrogens with zero attached hydrogens (tertiary/aromatic N) is 2. The Morgan fingerprint density at radius 2 is 2.09 bits per heavy atom. The van der Waals surface area contributed by atoms with Gasteiger partial charge in [-0.25, -0.2) is 9.37 Å². The number of aliphatic hydroxyl groups is 1. The predicted molar refractivity (Wildman–Crippen MR) is 115 cm³/mol. The van der Waals surface area contributed by atoms with Crippen molar-refractivity contribution in [3.8, 4) is 0 Å². The second kappa shape index (κ2) is 8.63. The van der Waals surface area contributed by atoms with Gasteiger partial charge in [0, 0.05) is 18.9 Å². The van der Waals surface area contributed by atoms with Crippen LogP contribution in [-0.2, 0) is 4.79 Å². The minimum atomic E-state index is -1.05. The Morgan fingerprint density at radius 1 is 1.38 bits per heavy atom. The van der Waals surface area contributed by atoms with Crippen molar-refractivity contribution in [3.05, 3.63) is 46.8 Å². The molecule has 1 aliphatic carbocycles. The van der Waals surface area contributed by atoms with E-state index in [9.17, 15) is 23.9 Å². The van der Waals surface area contributed by atoms with Gasteiger partial charge in [-0.05, 0) is 43.9 Å². The van der Waals surface area contributed by atoms with Crippen LogP contribution in [0.5, 0.6) is 0 Å². The first-order valence-electron chi connectivity index (χ1n) is 10.6. The fourth-order valence-corrected chi connectivity index (χ4v) is 4.96. The molecule has 1 aliphatic heterocycles. The molecular weight excluding hydrogens is 439 g/mol. The van der Waals surface area contributed by atoms with E-state index in [1.807, 2.05) is 0 Å². The van der Waals surface area contributed by atoms with Gasteiger partial charge in [0.2, 0.25) is 5.91 Å². The molecule has 2 aromatic rings. The third kappa shape index (κ3) is 3.91. The van der Waals surface area contributed by atoms with Crippen molar-refractivity contribution in [2.24, 2.45) is 5.41 Å². The van der Waals surface area contributed by atoms with Crippen LogP contribution in [0.15, 0.2) is 24.5 Å². The van der Waals surface area contributed by atoms with Crippen molar-refractivity contribution in [2.75, 3.05) is 4.90 Å². The highest BCUT2D eigenvalue weighted by molar-refractivity contribution is 6.34. The van der Waals surface area contributed by atoms with E-state index in [-0.39, 0.29) is 52.7 Å². The summed E-state index contributed by atoms with van der Waals surface area (Å²) in [7, 11) is 0. The summed E-state index contributed by atoms with van der Waals surface area (Å²) in [6, 6.07) is 3.53. The largest absolute Gasteiger partial charge is 0.373 e. The maximum absolute atomic E-state index is 13.4. The third-order valence-electron chi connectivity index (χ3n) is 6.44. The molecule has 1 saturated carbocycles. The number of aromatic amines is 1. The van der Waals surface area contributed by atoms with Gasteiger partial charge in [-0.2, -0.15) is 0 Å². The number of carbonyl (C=O) groups excluding carboxylic acids is 3. The Morgan fingerprint density at radius 3 is 2.75 bits per heavy atom. The molecule has 1 aromatic carbocycles. The van der Waals surface area contributed by atoms with Crippen molar-refractivity contribution in [3.63, 3.8) is 0 Å². The van der Waals surface area contributed by atoms with E-state index in [0.717, 1.165) is 6.07 Å². The molecule has 170 valence electrons. The van der Waals surface area contributed by atoms with Gasteiger partial charge >= 0.3 is 0 Å². The van der Waals surface area contributed by atoms with Crippen molar-refractivity contribution in [2.45, 2.75) is 57.7 Å². The number of benzene rings is 1. The van der Waals surface area contributed by atoms with Crippen molar-refractivity contribution in [1.82, 2.24) is 15.3 Å². The molecule has 1 saturated heterocycles. The lowest BCUT2D eigenvalue weighted by Gasteiger charge is -2.35. The summed E-state index contributed by atoms with van der Waals surface area (Å²) in [4.78, 5) is 45.8. The summed E-state index contributed by atoms with van der Waals surface area (Å²) in [6.45, 7) is 1.70. The number of carbonyl (C=O) groups is 3. The number of anilines is 1. The van der Waals surface area contributed by atoms with E-state index in [4.69, 9.17) is 11.6 Å². The highest BCUT2D eigenvalue weighted by atomic mass is 35.5. The number of aliphatic hydroxyl groups excluding tert-OH is 1. The molecule has 2 fully saturated rings. The first-order valence-corrected chi connectivity index (χ1v) is 11.0. The fraction of sp³-hybridized carbons (Fsp3) is 0.455. The highest BCUT2D eigenvalue weighted by Crippen LogP contribution is 2.49. The molecule has 1 atom stereocenters. The summed E-state index contributed by atoms with van der Waals surface area (Å²) < 4.78 is 13.4. The molecule has 32 heavy (non-hydrogen) atoms. The Kier molecular flexibility index (Phi) is 6.05. The van der Waals surface area contributed by atoms with Crippen LogP contribution in [0.2, 0.25) is 5.02 Å². The second-order valence-electron chi connectivity index (χ2n) is 8.39. The minimum Gasteiger partial charge on any atom is -0.373 e. The maximum Gasteiger partial charge on any atom is 0.270 e. The van der Waals surface area contributed by atoms with Crippen LogP contribution >= 0.6 is 11.6 Å². The Balaban J connectivity index is 1.43. The van der Waals surface area contributed by atoms with Crippen molar-refractivity contribution < 1.29 is 23.9 Å². The number of imidazole rings is 1.